The number of hydrogen-bond donors (Lipinski definition) is 1. The first-order valence-electron chi connectivity index (χ1n) is 8.99. The molecule has 0 unspecified atom stereocenters. The number of pyridine rings is 1. The van der Waals surface area contributed by atoms with Gasteiger partial charge in [-0.2, -0.15) is 0 Å². The van der Waals surface area contributed by atoms with Gasteiger partial charge in [-0.05, 0) is 31.4 Å². The molecule has 0 bridgehead atoms. The average molecular weight is 369 g/mol. The normalized spacial score (nSPS) is 15.9. The zero-order valence-corrected chi connectivity index (χ0v) is 16.0. The maximum absolute atomic E-state index is 12.9. The minimum Gasteiger partial charge on any atom is -0.465 e. The van der Waals surface area contributed by atoms with Gasteiger partial charge in [-0.1, -0.05) is 32.0 Å². The van der Waals surface area contributed by atoms with Gasteiger partial charge >= 0.3 is 12.0 Å². The highest BCUT2D eigenvalue weighted by atomic mass is 16.5. The second kappa shape index (κ2) is 6.98. The number of fused-ring (bicyclic) bond motifs is 1. The van der Waals surface area contributed by atoms with Crippen molar-refractivity contribution < 1.29 is 19.1 Å². The number of carbonyl (C=O) groups excluding carboxylic acids is 3. The Morgan fingerprint density at radius 3 is 2.48 bits per heavy atom. The van der Waals surface area contributed by atoms with E-state index in [2.05, 4.69) is 10.3 Å². The van der Waals surface area contributed by atoms with Crippen molar-refractivity contribution in [3.8, 4) is 0 Å². The van der Waals surface area contributed by atoms with Crippen molar-refractivity contribution in [2.75, 3.05) is 7.11 Å². The summed E-state index contributed by atoms with van der Waals surface area (Å²) < 4.78 is 4.93. The second-order valence-corrected chi connectivity index (χ2v) is 6.68. The number of hydrogen-bond acceptors (Lipinski definition) is 5. The third-order valence-corrected chi connectivity index (χ3v) is 5.38. The number of carbonyl (C=O) groups is 3. The van der Waals surface area contributed by atoms with Crippen LogP contribution in [0.3, 0.4) is 0 Å². The summed E-state index contributed by atoms with van der Waals surface area (Å²) in [5, 5.41) is 3.62. The summed E-state index contributed by atoms with van der Waals surface area (Å²) in [6.07, 6.45) is 0.997. The molecule has 0 radical (unpaired) electrons. The number of esters is 1. The first-order valence-corrected chi connectivity index (χ1v) is 8.99. The molecule has 142 valence electrons. The molecule has 0 atom stereocenters. The monoisotopic (exact) mass is 369 g/mol. The lowest BCUT2D eigenvalue weighted by Gasteiger charge is -2.23. The van der Waals surface area contributed by atoms with Gasteiger partial charge in [0.05, 0.1) is 30.4 Å². The van der Waals surface area contributed by atoms with Crippen molar-refractivity contribution in [3.63, 3.8) is 0 Å². The Morgan fingerprint density at radius 1 is 1.22 bits per heavy atom. The van der Waals surface area contributed by atoms with Crippen molar-refractivity contribution in [2.24, 2.45) is 0 Å². The van der Waals surface area contributed by atoms with E-state index in [0.717, 1.165) is 10.3 Å². The van der Waals surface area contributed by atoms with E-state index in [4.69, 9.17) is 4.74 Å². The molecule has 7 nitrogen and oxygen atoms in total. The number of urea groups is 1. The standard InChI is InChI=1S/C20H23N3O4/c1-5-20(6-2)18(25)23(19(26)22-20)11-15-16(17(24)27-4)12(3)13-9-7-8-10-14(13)21-15/h7-10H,5-6,11H2,1-4H3,(H,22,26). The summed E-state index contributed by atoms with van der Waals surface area (Å²) in [6.45, 7) is 5.46. The lowest BCUT2D eigenvalue weighted by Crippen LogP contribution is -2.45. The first kappa shape index (κ1) is 18.8. The van der Waals surface area contributed by atoms with E-state index in [1.54, 1.807) is 0 Å². The van der Waals surface area contributed by atoms with Crippen molar-refractivity contribution in [3.05, 3.63) is 41.1 Å². The number of aromatic nitrogens is 1. The fourth-order valence-electron chi connectivity index (χ4n) is 3.63. The van der Waals surface area contributed by atoms with E-state index in [9.17, 15) is 14.4 Å². The molecule has 1 N–H and O–H groups in total. The molecule has 7 heteroatoms. The molecule has 2 heterocycles. The number of imide groups is 1. The molecule has 2 aromatic rings. The number of nitrogens with one attached hydrogen (secondary N) is 1. The molecule has 1 aromatic carbocycles. The topological polar surface area (TPSA) is 88.6 Å². The highest BCUT2D eigenvalue weighted by Crippen LogP contribution is 2.29. The van der Waals surface area contributed by atoms with E-state index in [0.29, 0.717) is 35.2 Å². The van der Waals surface area contributed by atoms with Gasteiger partial charge in [-0.25, -0.2) is 14.6 Å². The van der Waals surface area contributed by atoms with Crippen LogP contribution in [0, 0.1) is 6.92 Å². The van der Waals surface area contributed by atoms with Crippen LogP contribution < -0.4 is 5.32 Å². The maximum atomic E-state index is 12.9. The molecular weight excluding hydrogens is 346 g/mol. The highest BCUT2D eigenvalue weighted by molar-refractivity contribution is 6.07. The van der Waals surface area contributed by atoms with Crippen LogP contribution in [0.4, 0.5) is 4.79 Å². The van der Waals surface area contributed by atoms with Crippen molar-refractivity contribution in [1.82, 2.24) is 15.2 Å². The van der Waals surface area contributed by atoms with Gasteiger partial charge in [-0.15, -0.1) is 0 Å². The largest absolute Gasteiger partial charge is 0.465 e. The lowest BCUT2D eigenvalue weighted by atomic mass is 9.93. The Kier molecular flexibility index (Phi) is 4.87. The zero-order chi connectivity index (χ0) is 19.8. The molecular formula is C20H23N3O4. The second-order valence-electron chi connectivity index (χ2n) is 6.68. The van der Waals surface area contributed by atoms with E-state index >= 15 is 0 Å². The third kappa shape index (κ3) is 2.93. The van der Waals surface area contributed by atoms with Crippen molar-refractivity contribution >= 4 is 28.8 Å². The van der Waals surface area contributed by atoms with Gasteiger partial charge in [0.2, 0.25) is 0 Å². The minimum absolute atomic E-state index is 0.0808. The molecule has 1 aromatic heterocycles. The molecule has 1 aliphatic heterocycles. The molecule has 3 amide bonds. The summed E-state index contributed by atoms with van der Waals surface area (Å²) >= 11 is 0. The smallest absolute Gasteiger partial charge is 0.340 e. The Morgan fingerprint density at radius 2 is 1.89 bits per heavy atom. The van der Waals surface area contributed by atoms with Crippen LogP contribution in [-0.2, 0) is 16.1 Å². The summed E-state index contributed by atoms with van der Waals surface area (Å²) in [5.41, 5.74) is 1.16. The zero-order valence-electron chi connectivity index (χ0n) is 16.0. The van der Waals surface area contributed by atoms with Crippen molar-refractivity contribution in [2.45, 2.75) is 45.7 Å². The van der Waals surface area contributed by atoms with Crippen LogP contribution in [-0.4, -0.2) is 40.4 Å². The molecule has 1 fully saturated rings. The number of methoxy groups -OCH3 is 1. The number of aryl methyl sites for hydroxylation is 1. The van der Waals surface area contributed by atoms with E-state index < -0.39 is 17.5 Å². The number of para-hydroxylation sites is 1. The molecule has 1 aliphatic rings. The SMILES string of the molecule is CCC1(CC)NC(=O)N(Cc2nc3ccccc3c(C)c2C(=O)OC)C1=O. The maximum Gasteiger partial charge on any atom is 0.340 e. The summed E-state index contributed by atoms with van der Waals surface area (Å²) in [6, 6.07) is 6.96. The highest BCUT2D eigenvalue weighted by Gasteiger charge is 2.49. The molecule has 0 spiro atoms. The van der Waals surface area contributed by atoms with Crippen LogP contribution in [0.1, 0.15) is 48.3 Å². The molecule has 27 heavy (non-hydrogen) atoms. The third-order valence-electron chi connectivity index (χ3n) is 5.38. The Hall–Kier alpha value is -2.96. The van der Waals surface area contributed by atoms with E-state index in [-0.39, 0.29) is 12.5 Å². The van der Waals surface area contributed by atoms with Gasteiger partial charge in [0.25, 0.3) is 5.91 Å². The Bertz CT molecular complexity index is 934. The van der Waals surface area contributed by atoms with Gasteiger partial charge in [0.15, 0.2) is 0 Å². The number of benzene rings is 1. The molecule has 3 rings (SSSR count). The minimum atomic E-state index is -0.894. The predicted molar refractivity (Wildman–Crippen MR) is 100 cm³/mol. The lowest BCUT2D eigenvalue weighted by molar-refractivity contribution is -0.132. The van der Waals surface area contributed by atoms with Gasteiger partial charge in [0, 0.05) is 5.39 Å². The summed E-state index contributed by atoms with van der Waals surface area (Å²) in [4.78, 5) is 43.5. The number of nitrogens with zero attached hydrogens (tertiary/aromatic N) is 2. The van der Waals surface area contributed by atoms with Gasteiger partial charge in [-0.3, -0.25) is 9.69 Å². The van der Waals surface area contributed by atoms with E-state index in [1.807, 2.05) is 45.0 Å². The van der Waals surface area contributed by atoms with Crippen LogP contribution in [0.2, 0.25) is 0 Å². The molecule has 1 saturated heterocycles. The van der Waals surface area contributed by atoms with Gasteiger partial charge < -0.3 is 10.1 Å². The van der Waals surface area contributed by atoms with Crippen LogP contribution in [0.5, 0.6) is 0 Å². The fourth-order valence-corrected chi connectivity index (χ4v) is 3.63. The first-order chi connectivity index (χ1) is 12.9. The van der Waals surface area contributed by atoms with Gasteiger partial charge in [0.1, 0.15) is 5.54 Å². The van der Waals surface area contributed by atoms with Crippen molar-refractivity contribution in [1.29, 1.82) is 0 Å². The Labute approximate surface area is 157 Å². The van der Waals surface area contributed by atoms with E-state index in [1.165, 1.54) is 7.11 Å². The van der Waals surface area contributed by atoms with Crippen LogP contribution >= 0.6 is 0 Å². The molecule has 0 aliphatic carbocycles. The predicted octanol–water partition coefficient (Wildman–Crippen LogP) is 2.94. The quantitative estimate of drug-likeness (QED) is 0.647. The van der Waals surface area contributed by atoms with Crippen LogP contribution in [0.15, 0.2) is 24.3 Å². The summed E-state index contributed by atoms with van der Waals surface area (Å²) in [5.74, 6) is -0.828. The number of amides is 3. The fraction of sp³-hybridized carbons (Fsp3) is 0.400. The average Bonchev–Trinajstić information content (AvgIpc) is 2.92. The molecule has 0 saturated carbocycles. The number of rotatable bonds is 5. The van der Waals surface area contributed by atoms with Crippen LogP contribution in [0.25, 0.3) is 10.9 Å². The summed E-state index contributed by atoms with van der Waals surface area (Å²) in [7, 11) is 1.30. The number of ether oxygens (including phenoxy) is 1. The Balaban J connectivity index is 2.10.